The molecular weight excluding hydrogens is 557 g/mol. The Morgan fingerprint density at radius 1 is 1.16 bits per heavy atom. The Labute approximate surface area is 250 Å². The van der Waals surface area contributed by atoms with Gasteiger partial charge in [0.05, 0.1) is 23.1 Å². The van der Waals surface area contributed by atoms with Crippen molar-refractivity contribution < 1.29 is 18.0 Å². The Kier molecular flexibility index (Phi) is 8.38. The number of hydrogen-bond acceptors (Lipinski definition) is 8. The summed E-state index contributed by atoms with van der Waals surface area (Å²) in [5.41, 5.74) is 9.03. The van der Waals surface area contributed by atoms with Crippen LogP contribution in [0.1, 0.15) is 47.2 Å². The van der Waals surface area contributed by atoms with E-state index in [9.17, 15) is 18.0 Å². The van der Waals surface area contributed by atoms with Crippen LogP contribution in [0.5, 0.6) is 0 Å². The predicted molar refractivity (Wildman–Crippen MR) is 160 cm³/mol. The molecule has 4 fully saturated rings. The van der Waals surface area contributed by atoms with Crippen molar-refractivity contribution in [3.8, 4) is 0 Å². The Balaban J connectivity index is 1.13. The Morgan fingerprint density at radius 2 is 1.95 bits per heavy atom. The number of nitrogens with two attached hydrogens (primary N) is 1. The van der Waals surface area contributed by atoms with Gasteiger partial charge in [-0.05, 0) is 81.6 Å². The number of piperidine rings is 1. The normalized spacial score (nSPS) is 29.3. The summed E-state index contributed by atoms with van der Waals surface area (Å²) in [6.07, 6.45) is 1.15. The number of benzene rings is 1. The van der Waals surface area contributed by atoms with E-state index in [1.165, 1.54) is 45.3 Å². The number of hydrogen-bond donors (Lipinski definition) is 5. The maximum atomic E-state index is 13.1. The number of pyridine rings is 1. The Hall–Kier alpha value is -3.19. The monoisotopic (exact) mass is 598 g/mol. The van der Waals surface area contributed by atoms with Crippen LogP contribution >= 0.6 is 0 Å². The highest BCUT2D eigenvalue weighted by molar-refractivity contribution is 6.04. The van der Waals surface area contributed by atoms with E-state index < -0.39 is 17.6 Å². The molecule has 43 heavy (non-hydrogen) atoms. The van der Waals surface area contributed by atoms with Gasteiger partial charge >= 0.3 is 6.18 Å². The van der Waals surface area contributed by atoms with E-state index >= 15 is 0 Å². The summed E-state index contributed by atoms with van der Waals surface area (Å²) in [6, 6.07) is 9.40. The van der Waals surface area contributed by atoms with Gasteiger partial charge in [-0.2, -0.15) is 13.2 Å². The third-order valence-electron chi connectivity index (χ3n) is 9.43. The van der Waals surface area contributed by atoms with E-state index in [-0.39, 0.29) is 12.0 Å². The fourth-order valence-corrected chi connectivity index (χ4v) is 7.07. The lowest BCUT2D eigenvalue weighted by atomic mass is 9.96. The second kappa shape index (κ2) is 12.1. The molecule has 1 amide bonds. The van der Waals surface area contributed by atoms with Crippen LogP contribution in [0.15, 0.2) is 48.3 Å². The van der Waals surface area contributed by atoms with Gasteiger partial charge < -0.3 is 26.6 Å². The van der Waals surface area contributed by atoms with Crippen molar-refractivity contribution in [1.29, 1.82) is 0 Å². The highest BCUT2D eigenvalue weighted by Crippen LogP contribution is 2.56. The standard InChI is InChI=1S/C31H41F3N8O/c1-41-14-9-30(19-41)16-24(30)42-13-2-3-20(18-42)17-39-26(27-28(35)38-12-11-37-27)21-4-6-22(7-5-21)29(43)40-25-15-23(8-10-36-25)31(32,33)34/h4-8,10,15,20,24,28,37-39H,2-3,9,11-14,16-19,35H2,1H3,(H,36,40,43)/b27-26-/t20-,24+,28?,30?/m0/s1. The molecule has 2 aromatic rings. The molecule has 0 radical (unpaired) electrons. The van der Waals surface area contributed by atoms with E-state index in [1.807, 2.05) is 12.1 Å². The highest BCUT2D eigenvalue weighted by atomic mass is 19.4. The van der Waals surface area contributed by atoms with Crippen molar-refractivity contribution in [2.24, 2.45) is 17.1 Å². The second-order valence-electron chi connectivity index (χ2n) is 12.6. The number of carbonyl (C=O) groups is 1. The Morgan fingerprint density at radius 3 is 2.67 bits per heavy atom. The van der Waals surface area contributed by atoms with Crippen molar-refractivity contribution in [2.75, 3.05) is 58.2 Å². The number of rotatable bonds is 7. The molecule has 0 bridgehead atoms. The quantitative estimate of drug-likeness (QED) is 0.331. The molecule has 4 heterocycles. The lowest BCUT2D eigenvalue weighted by Gasteiger charge is -2.35. The number of nitrogens with one attached hydrogen (secondary N) is 4. The molecule has 1 saturated carbocycles. The van der Waals surface area contributed by atoms with E-state index in [2.05, 4.69) is 43.1 Å². The fraction of sp³-hybridized carbons (Fsp3) is 0.548. The lowest BCUT2D eigenvalue weighted by Crippen LogP contribution is -2.52. The molecule has 1 aromatic heterocycles. The third-order valence-corrected chi connectivity index (χ3v) is 9.43. The van der Waals surface area contributed by atoms with Crippen LogP contribution in [0, 0.1) is 11.3 Å². The first-order valence-electron chi connectivity index (χ1n) is 15.2. The molecule has 6 rings (SSSR count). The SMILES string of the molecule is CN1CCC2(C[C@H]2N2CCC[C@@H](CN/C(=C3\NCCNC3N)c3ccc(C(=O)Nc4cc(C(F)(F)F)ccn4)cc3)C2)C1. The van der Waals surface area contributed by atoms with E-state index in [0.29, 0.717) is 22.9 Å². The zero-order valence-corrected chi connectivity index (χ0v) is 24.5. The summed E-state index contributed by atoms with van der Waals surface area (Å²) in [4.78, 5) is 21.9. The van der Waals surface area contributed by atoms with Crippen molar-refractivity contribution in [2.45, 2.75) is 44.1 Å². The Bertz CT molecular complexity index is 1350. The van der Waals surface area contributed by atoms with Crippen LogP contribution < -0.4 is 27.0 Å². The number of likely N-dealkylation sites (tertiary alicyclic amines) is 2. The average molecular weight is 599 g/mol. The van der Waals surface area contributed by atoms with E-state index in [1.54, 1.807) is 12.1 Å². The first-order chi connectivity index (χ1) is 20.6. The first-order valence-corrected chi connectivity index (χ1v) is 15.2. The van der Waals surface area contributed by atoms with Crippen molar-refractivity contribution >= 4 is 17.4 Å². The number of anilines is 1. The van der Waals surface area contributed by atoms with Gasteiger partial charge in [-0.15, -0.1) is 0 Å². The summed E-state index contributed by atoms with van der Waals surface area (Å²) < 4.78 is 39.2. The van der Waals surface area contributed by atoms with Crippen LogP contribution in [0.25, 0.3) is 5.70 Å². The van der Waals surface area contributed by atoms with Gasteiger partial charge in [0, 0.05) is 55.9 Å². The first kappa shape index (κ1) is 29.9. The molecule has 1 aliphatic carbocycles. The van der Waals surface area contributed by atoms with Crippen molar-refractivity contribution in [1.82, 2.24) is 30.7 Å². The highest BCUT2D eigenvalue weighted by Gasteiger charge is 2.59. The molecule has 3 saturated heterocycles. The predicted octanol–water partition coefficient (Wildman–Crippen LogP) is 2.89. The summed E-state index contributed by atoms with van der Waals surface area (Å²) in [5.74, 6) is -0.183. The topological polar surface area (TPSA) is 111 Å². The molecule has 6 N–H and O–H groups in total. The number of nitrogens with zero attached hydrogens (tertiary/aromatic N) is 3. The summed E-state index contributed by atoms with van der Waals surface area (Å²) in [6.45, 7) is 7.00. The fourth-order valence-electron chi connectivity index (χ4n) is 7.07. The minimum atomic E-state index is -4.52. The molecular formula is C31H41F3N8O. The average Bonchev–Trinajstić information content (AvgIpc) is 3.57. The molecule has 1 spiro atoms. The third kappa shape index (κ3) is 6.67. The van der Waals surface area contributed by atoms with E-state index in [4.69, 9.17) is 5.73 Å². The minimum absolute atomic E-state index is 0.157. The summed E-state index contributed by atoms with van der Waals surface area (Å²) >= 11 is 0. The zero-order chi connectivity index (χ0) is 30.2. The minimum Gasteiger partial charge on any atom is -0.383 e. The lowest BCUT2D eigenvalue weighted by molar-refractivity contribution is -0.137. The van der Waals surface area contributed by atoms with E-state index in [0.717, 1.165) is 61.5 Å². The smallest absolute Gasteiger partial charge is 0.383 e. The molecule has 1 aromatic carbocycles. The molecule has 4 aliphatic rings. The van der Waals surface area contributed by atoms with Crippen LogP contribution in [-0.4, -0.2) is 85.8 Å². The van der Waals surface area contributed by atoms with Gasteiger partial charge in [0.25, 0.3) is 5.91 Å². The molecule has 12 heteroatoms. The van der Waals surface area contributed by atoms with Crippen molar-refractivity contribution in [3.63, 3.8) is 0 Å². The van der Waals surface area contributed by atoms with Crippen LogP contribution in [0.3, 0.4) is 0 Å². The molecule has 9 nitrogen and oxygen atoms in total. The van der Waals surface area contributed by atoms with Crippen LogP contribution in [0.4, 0.5) is 19.0 Å². The van der Waals surface area contributed by atoms with Gasteiger partial charge in [-0.1, -0.05) is 12.1 Å². The van der Waals surface area contributed by atoms with Gasteiger partial charge in [-0.3, -0.25) is 15.0 Å². The van der Waals surface area contributed by atoms with Gasteiger partial charge in [0.1, 0.15) is 5.82 Å². The molecule has 4 atom stereocenters. The number of amides is 1. The number of halogens is 3. The molecule has 232 valence electrons. The largest absolute Gasteiger partial charge is 0.416 e. The molecule has 2 unspecified atom stereocenters. The van der Waals surface area contributed by atoms with Gasteiger partial charge in [-0.25, -0.2) is 4.98 Å². The summed E-state index contributed by atoms with van der Waals surface area (Å²) in [7, 11) is 2.23. The van der Waals surface area contributed by atoms with Crippen molar-refractivity contribution in [3.05, 3.63) is 65.0 Å². The number of alkyl halides is 3. The number of aromatic nitrogens is 1. The van der Waals surface area contributed by atoms with Gasteiger partial charge in [0.2, 0.25) is 0 Å². The van der Waals surface area contributed by atoms with Crippen LogP contribution in [0.2, 0.25) is 0 Å². The maximum Gasteiger partial charge on any atom is 0.416 e. The maximum absolute atomic E-state index is 13.1. The zero-order valence-electron chi connectivity index (χ0n) is 24.5. The molecule has 3 aliphatic heterocycles. The number of piperazine rings is 1. The van der Waals surface area contributed by atoms with Gasteiger partial charge in [0.15, 0.2) is 0 Å². The second-order valence-corrected chi connectivity index (χ2v) is 12.6. The summed E-state index contributed by atoms with van der Waals surface area (Å²) in [5, 5.41) is 12.9. The van der Waals surface area contributed by atoms with Crippen LogP contribution in [-0.2, 0) is 6.18 Å². The number of carbonyl (C=O) groups excluding carboxylic acids is 1.